The molecule has 0 saturated carbocycles. The highest BCUT2D eigenvalue weighted by molar-refractivity contribution is 5.86. The number of rotatable bonds is 6. The summed E-state index contributed by atoms with van der Waals surface area (Å²) in [5.41, 5.74) is 1.76. The van der Waals surface area contributed by atoms with E-state index in [0.29, 0.717) is 19.6 Å². The summed E-state index contributed by atoms with van der Waals surface area (Å²) in [7, 11) is 0. The van der Waals surface area contributed by atoms with Crippen molar-refractivity contribution in [3.8, 4) is 0 Å². The SMILES string of the molecule is CCOC(=O)c1cnc(NCCc2cncc(C)n2)o1. The third kappa shape index (κ3) is 3.78. The summed E-state index contributed by atoms with van der Waals surface area (Å²) in [6, 6.07) is 0.286. The standard InChI is InChI=1S/C13H16N4O3/c1-3-19-12(18)11-8-16-13(20-11)15-5-4-10-7-14-6-9(2)17-10/h6-8H,3-5H2,1-2H3,(H,15,16). The van der Waals surface area contributed by atoms with Crippen molar-refractivity contribution in [1.82, 2.24) is 15.0 Å². The minimum atomic E-state index is -0.516. The first kappa shape index (κ1) is 14.0. The third-order valence-electron chi connectivity index (χ3n) is 2.44. The Morgan fingerprint density at radius 3 is 3.00 bits per heavy atom. The molecule has 0 aromatic carbocycles. The molecular weight excluding hydrogens is 260 g/mol. The van der Waals surface area contributed by atoms with Crippen LogP contribution in [0.4, 0.5) is 6.01 Å². The van der Waals surface area contributed by atoms with Crippen LogP contribution in [0.3, 0.4) is 0 Å². The lowest BCUT2D eigenvalue weighted by atomic mass is 10.3. The molecule has 2 rings (SSSR count). The van der Waals surface area contributed by atoms with Gasteiger partial charge in [0, 0.05) is 25.4 Å². The minimum Gasteiger partial charge on any atom is -0.460 e. The zero-order chi connectivity index (χ0) is 14.4. The number of carbonyl (C=O) groups is 1. The number of aryl methyl sites for hydroxylation is 1. The molecule has 20 heavy (non-hydrogen) atoms. The number of carbonyl (C=O) groups excluding carboxylic acids is 1. The second-order valence-corrected chi connectivity index (χ2v) is 4.08. The maximum atomic E-state index is 11.4. The van der Waals surface area contributed by atoms with Crippen molar-refractivity contribution >= 4 is 12.0 Å². The quantitative estimate of drug-likeness (QED) is 0.801. The Morgan fingerprint density at radius 2 is 2.25 bits per heavy atom. The van der Waals surface area contributed by atoms with E-state index in [1.165, 1.54) is 6.20 Å². The van der Waals surface area contributed by atoms with Crippen LogP contribution in [0.5, 0.6) is 0 Å². The molecule has 1 N–H and O–H groups in total. The monoisotopic (exact) mass is 276 g/mol. The van der Waals surface area contributed by atoms with E-state index in [2.05, 4.69) is 20.3 Å². The van der Waals surface area contributed by atoms with Crippen LogP contribution < -0.4 is 5.32 Å². The van der Waals surface area contributed by atoms with Crippen molar-refractivity contribution in [1.29, 1.82) is 0 Å². The molecular formula is C13H16N4O3. The van der Waals surface area contributed by atoms with Crippen LogP contribution in [0, 0.1) is 6.92 Å². The summed E-state index contributed by atoms with van der Waals surface area (Å²) < 4.78 is 10.0. The number of nitrogens with zero attached hydrogens (tertiary/aromatic N) is 3. The third-order valence-corrected chi connectivity index (χ3v) is 2.44. The number of oxazole rings is 1. The Bertz CT molecular complexity index is 583. The second kappa shape index (κ2) is 6.65. The van der Waals surface area contributed by atoms with Crippen LogP contribution in [0.2, 0.25) is 0 Å². The number of esters is 1. The average Bonchev–Trinajstić information content (AvgIpc) is 2.88. The fourth-order valence-electron chi connectivity index (χ4n) is 1.59. The number of anilines is 1. The van der Waals surface area contributed by atoms with Crippen molar-refractivity contribution in [2.45, 2.75) is 20.3 Å². The lowest BCUT2D eigenvalue weighted by Gasteiger charge is -2.02. The zero-order valence-corrected chi connectivity index (χ0v) is 11.4. The van der Waals surface area contributed by atoms with Gasteiger partial charge in [-0.1, -0.05) is 0 Å². The molecule has 0 spiro atoms. The molecule has 7 nitrogen and oxygen atoms in total. The van der Waals surface area contributed by atoms with Gasteiger partial charge < -0.3 is 14.5 Å². The summed E-state index contributed by atoms with van der Waals surface area (Å²) in [6.45, 7) is 4.51. The largest absolute Gasteiger partial charge is 0.460 e. The molecule has 0 fully saturated rings. The van der Waals surface area contributed by atoms with Crippen molar-refractivity contribution in [3.05, 3.63) is 35.7 Å². The van der Waals surface area contributed by atoms with Gasteiger partial charge >= 0.3 is 5.97 Å². The maximum absolute atomic E-state index is 11.4. The fourth-order valence-corrected chi connectivity index (χ4v) is 1.59. The Hall–Kier alpha value is -2.44. The Balaban J connectivity index is 1.84. The molecule has 2 aromatic rings. The van der Waals surface area contributed by atoms with E-state index in [-0.39, 0.29) is 11.8 Å². The van der Waals surface area contributed by atoms with E-state index in [0.717, 1.165) is 11.4 Å². The van der Waals surface area contributed by atoms with Crippen molar-refractivity contribution < 1.29 is 13.9 Å². The lowest BCUT2D eigenvalue weighted by Crippen LogP contribution is -2.07. The van der Waals surface area contributed by atoms with Crippen molar-refractivity contribution in [2.75, 3.05) is 18.5 Å². The van der Waals surface area contributed by atoms with Crippen LogP contribution in [-0.2, 0) is 11.2 Å². The first-order chi connectivity index (χ1) is 9.69. The van der Waals surface area contributed by atoms with E-state index in [1.54, 1.807) is 19.3 Å². The number of hydrogen-bond acceptors (Lipinski definition) is 7. The van der Waals surface area contributed by atoms with Crippen LogP contribution in [0.1, 0.15) is 28.9 Å². The van der Waals surface area contributed by atoms with E-state index in [4.69, 9.17) is 9.15 Å². The van der Waals surface area contributed by atoms with Gasteiger partial charge in [-0.05, 0) is 13.8 Å². The molecule has 0 unspecified atom stereocenters. The Kier molecular flexibility index (Phi) is 4.65. The van der Waals surface area contributed by atoms with Gasteiger partial charge in [-0.2, -0.15) is 0 Å². The number of ether oxygens (including phenoxy) is 1. The molecule has 7 heteroatoms. The fraction of sp³-hybridized carbons (Fsp3) is 0.385. The molecule has 0 bridgehead atoms. The maximum Gasteiger partial charge on any atom is 0.376 e. The first-order valence-corrected chi connectivity index (χ1v) is 6.33. The van der Waals surface area contributed by atoms with E-state index >= 15 is 0 Å². The highest BCUT2D eigenvalue weighted by Gasteiger charge is 2.12. The van der Waals surface area contributed by atoms with Crippen LogP contribution in [0.25, 0.3) is 0 Å². The van der Waals surface area contributed by atoms with Gasteiger partial charge in [-0.15, -0.1) is 0 Å². The summed E-state index contributed by atoms with van der Waals surface area (Å²) >= 11 is 0. The molecule has 0 aliphatic carbocycles. The van der Waals surface area contributed by atoms with E-state index < -0.39 is 5.97 Å². The number of aromatic nitrogens is 3. The van der Waals surface area contributed by atoms with Gasteiger partial charge in [-0.25, -0.2) is 9.78 Å². The van der Waals surface area contributed by atoms with Gasteiger partial charge in [-0.3, -0.25) is 9.97 Å². The molecule has 0 aliphatic rings. The summed E-state index contributed by atoms with van der Waals surface area (Å²) in [5, 5.41) is 2.98. The number of hydrogen-bond donors (Lipinski definition) is 1. The Labute approximate surface area is 116 Å². The number of nitrogens with one attached hydrogen (secondary N) is 1. The lowest BCUT2D eigenvalue weighted by molar-refractivity contribution is 0.0491. The molecule has 106 valence electrons. The molecule has 0 aliphatic heterocycles. The van der Waals surface area contributed by atoms with Crippen LogP contribution in [-0.4, -0.2) is 34.1 Å². The first-order valence-electron chi connectivity index (χ1n) is 6.33. The van der Waals surface area contributed by atoms with Gasteiger partial charge in [0.1, 0.15) is 0 Å². The molecule has 0 radical (unpaired) electrons. The smallest absolute Gasteiger partial charge is 0.376 e. The van der Waals surface area contributed by atoms with Crippen LogP contribution >= 0.6 is 0 Å². The average molecular weight is 276 g/mol. The van der Waals surface area contributed by atoms with Crippen molar-refractivity contribution in [2.24, 2.45) is 0 Å². The minimum absolute atomic E-state index is 0.0877. The predicted molar refractivity (Wildman–Crippen MR) is 71.4 cm³/mol. The van der Waals surface area contributed by atoms with Gasteiger partial charge in [0.25, 0.3) is 6.01 Å². The molecule has 0 atom stereocenters. The summed E-state index contributed by atoms with van der Waals surface area (Å²) in [5.74, 6) is -0.428. The molecule has 0 amide bonds. The summed E-state index contributed by atoms with van der Waals surface area (Å²) in [4.78, 5) is 23.7. The zero-order valence-electron chi connectivity index (χ0n) is 11.4. The molecule has 2 aromatic heterocycles. The van der Waals surface area contributed by atoms with Gasteiger partial charge in [0.2, 0.25) is 5.76 Å². The van der Waals surface area contributed by atoms with Gasteiger partial charge in [0.05, 0.1) is 24.2 Å². The van der Waals surface area contributed by atoms with E-state index in [1.807, 2.05) is 6.92 Å². The predicted octanol–water partition coefficient (Wildman–Crippen LogP) is 1.60. The highest BCUT2D eigenvalue weighted by atomic mass is 16.5. The molecule has 2 heterocycles. The van der Waals surface area contributed by atoms with Crippen LogP contribution in [0.15, 0.2) is 23.0 Å². The van der Waals surface area contributed by atoms with Crippen molar-refractivity contribution in [3.63, 3.8) is 0 Å². The topological polar surface area (TPSA) is 90.1 Å². The normalized spacial score (nSPS) is 10.3. The second-order valence-electron chi connectivity index (χ2n) is 4.08. The highest BCUT2D eigenvalue weighted by Crippen LogP contribution is 2.10. The molecule has 0 saturated heterocycles. The van der Waals surface area contributed by atoms with Gasteiger partial charge in [0.15, 0.2) is 0 Å². The Morgan fingerprint density at radius 1 is 1.40 bits per heavy atom. The van der Waals surface area contributed by atoms with E-state index in [9.17, 15) is 4.79 Å². The summed E-state index contributed by atoms with van der Waals surface area (Å²) in [6.07, 6.45) is 5.45.